The summed E-state index contributed by atoms with van der Waals surface area (Å²) in [5.41, 5.74) is 1.38. The smallest absolute Gasteiger partial charge is 0.283 e. The molecular formula is C22H16ClN3O4S2. The van der Waals surface area contributed by atoms with Gasteiger partial charge in [-0.25, -0.2) is 4.99 Å². The Hall–Kier alpha value is -3.14. The Kier molecular flexibility index (Phi) is 6.59. The lowest BCUT2D eigenvalue weighted by Gasteiger charge is -2.18. The first-order chi connectivity index (χ1) is 15.5. The second-order valence-electron chi connectivity index (χ2n) is 6.57. The molecule has 0 bridgehead atoms. The number of aliphatic imine (C=N–C) groups is 1. The van der Waals surface area contributed by atoms with Gasteiger partial charge in [0.1, 0.15) is 11.4 Å². The Morgan fingerprint density at radius 1 is 1.25 bits per heavy atom. The van der Waals surface area contributed by atoms with E-state index in [-0.39, 0.29) is 23.0 Å². The van der Waals surface area contributed by atoms with Crippen molar-refractivity contribution in [2.45, 2.75) is 5.75 Å². The number of benzene rings is 2. The largest absolute Gasteiger partial charge is 0.495 e. The first kappa shape index (κ1) is 22.1. The molecule has 0 fully saturated rings. The third kappa shape index (κ3) is 4.55. The summed E-state index contributed by atoms with van der Waals surface area (Å²) < 4.78 is 5.20. The van der Waals surface area contributed by atoms with Crippen LogP contribution in [0.25, 0.3) is 6.08 Å². The van der Waals surface area contributed by atoms with E-state index in [1.165, 1.54) is 41.2 Å². The fourth-order valence-electron chi connectivity index (χ4n) is 3.08. The average molecular weight is 486 g/mol. The number of hydrogen-bond donors (Lipinski definition) is 0. The number of thioether (sulfide) groups is 1. The lowest BCUT2D eigenvalue weighted by atomic mass is 10.2. The molecule has 1 aromatic heterocycles. The number of carbonyl (C=O) groups is 1. The SMILES string of the molecule is COc1ccc(N2C(=O)/C(=C\c3cccs3)N=C2SCc2ccccc2[N+](=O)[O-])cc1Cl. The highest BCUT2D eigenvalue weighted by Crippen LogP contribution is 2.36. The highest BCUT2D eigenvalue weighted by Gasteiger charge is 2.33. The molecule has 0 aliphatic carbocycles. The highest BCUT2D eigenvalue weighted by atomic mass is 35.5. The fourth-order valence-corrected chi connectivity index (χ4v) is 4.99. The molecule has 0 radical (unpaired) electrons. The molecule has 10 heteroatoms. The van der Waals surface area contributed by atoms with Gasteiger partial charge in [-0.2, -0.15) is 0 Å². The monoisotopic (exact) mass is 485 g/mol. The summed E-state index contributed by atoms with van der Waals surface area (Å²) in [5.74, 6) is 0.461. The fraction of sp³-hybridized carbons (Fsp3) is 0.0909. The molecule has 0 saturated carbocycles. The number of anilines is 1. The molecule has 0 saturated heterocycles. The molecule has 162 valence electrons. The number of rotatable bonds is 6. The van der Waals surface area contributed by atoms with Gasteiger partial charge in [0.2, 0.25) is 0 Å². The van der Waals surface area contributed by atoms with E-state index in [0.717, 1.165) is 4.88 Å². The van der Waals surface area contributed by atoms with E-state index in [1.807, 2.05) is 17.5 Å². The van der Waals surface area contributed by atoms with E-state index < -0.39 is 4.92 Å². The number of nitrogens with zero attached hydrogens (tertiary/aromatic N) is 3. The minimum Gasteiger partial charge on any atom is -0.495 e. The number of halogens is 1. The van der Waals surface area contributed by atoms with E-state index in [4.69, 9.17) is 16.3 Å². The van der Waals surface area contributed by atoms with Crippen LogP contribution in [0, 0.1) is 10.1 Å². The quantitative estimate of drug-likeness (QED) is 0.243. The standard InChI is InChI=1S/C22H16ClN3O4S2/c1-30-20-9-8-15(11-17(20)23)25-21(27)18(12-16-6-4-10-31-16)24-22(25)32-13-14-5-2-3-7-19(14)26(28)29/h2-12H,13H2,1H3/b18-12+. The zero-order chi connectivity index (χ0) is 22.7. The number of nitro benzene ring substituents is 1. The van der Waals surface area contributed by atoms with Crippen LogP contribution in [-0.2, 0) is 10.5 Å². The van der Waals surface area contributed by atoms with E-state index in [1.54, 1.807) is 42.5 Å². The number of nitro groups is 1. The Bertz CT molecular complexity index is 1240. The minimum absolute atomic E-state index is 0.0262. The van der Waals surface area contributed by atoms with Gasteiger partial charge >= 0.3 is 0 Å². The van der Waals surface area contributed by atoms with Crippen LogP contribution in [0.3, 0.4) is 0 Å². The van der Waals surface area contributed by atoms with Crippen molar-refractivity contribution in [3.63, 3.8) is 0 Å². The number of thiophene rings is 1. The number of amidine groups is 1. The van der Waals surface area contributed by atoms with Crippen molar-refractivity contribution >= 4 is 63.2 Å². The van der Waals surface area contributed by atoms with Gasteiger partial charge in [-0.15, -0.1) is 11.3 Å². The van der Waals surface area contributed by atoms with Crippen LogP contribution in [0.15, 0.2) is 70.7 Å². The van der Waals surface area contributed by atoms with Gasteiger partial charge in [-0.1, -0.05) is 47.6 Å². The number of para-hydroxylation sites is 1. The number of carbonyl (C=O) groups excluding carboxylic acids is 1. The van der Waals surface area contributed by atoms with Crippen LogP contribution in [0.4, 0.5) is 11.4 Å². The van der Waals surface area contributed by atoms with Crippen molar-refractivity contribution in [1.29, 1.82) is 0 Å². The van der Waals surface area contributed by atoms with Gasteiger partial charge in [-0.05, 0) is 35.7 Å². The maximum atomic E-state index is 13.2. The molecule has 7 nitrogen and oxygen atoms in total. The number of methoxy groups -OCH3 is 1. The van der Waals surface area contributed by atoms with Crippen molar-refractivity contribution in [2.75, 3.05) is 12.0 Å². The first-order valence-electron chi connectivity index (χ1n) is 9.35. The topological polar surface area (TPSA) is 85.0 Å². The number of ether oxygens (including phenoxy) is 1. The first-order valence-corrected chi connectivity index (χ1v) is 11.6. The summed E-state index contributed by atoms with van der Waals surface area (Å²) in [6, 6.07) is 15.3. The minimum atomic E-state index is -0.416. The van der Waals surface area contributed by atoms with Crippen molar-refractivity contribution < 1.29 is 14.5 Å². The Labute approximate surface area is 197 Å². The number of hydrogen-bond acceptors (Lipinski definition) is 7. The molecule has 0 unspecified atom stereocenters. The normalized spacial score (nSPS) is 14.7. The molecule has 0 spiro atoms. The van der Waals surface area contributed by atoms with Crippen LogP contribution in [0.2, 0.25) is 5.02 Å². The molecule has 0 N–H and O–H groups in total. The highest BCUT2D eigenvalue weighted by molar-refractivity contribution is 8.13. The summed E-state index contributed by atoms with van der Waals surface area (Å²) in [6.45, 7) is 0. The maximum absolute atomic E-state index is 13.2. The molecule has 4 rings (SSSR count). The van der Waals surface area contributed by atoms with E-state index in [9.17, 15) is 14.9 Å². The lowest BCUT2D eigenvalue weighted by molar-refractivity contribution is -0.385. The predicted molar refractivity (Wildman–Crippen MR) is 130 cm³/mol. The van der Waals surface area contributed by atoms with Gasteiger partial charge in [-0.3, -0.25) is 19.8 Å². The van der Waals surface area contributed by atoms with Crippen LogP contribution in [0.1, 0.15) is 10.4 Å². The van der Waals surface area contributed by atoms with Crippen molar-refractivity contribution in [3.05, 3.63) is 91.3 Å². The molecule has 1 aliphatic heterocycles. The lowest BCUT2D eigenvalue weighted by Crippen LogP contribution is -2.30. The molecule has 2 aromatic carbocycles. The summed E-state index contributed by atoms with van der Waals surface area (Å²) in [5, 5.41) is 14.0. The number of amides is 1. The van der Waals surface area contributed by atoms with E-state index >= 15 is 0 Å². The summed E-state index contributed by atoms with van der Waals surface area (Å²) in [7, 11) is 1.51. The third-order valence-electron chi connectivity index (χ3n) is 4.59. The maximum Gasteiger partial charge on any atom is 0.283 e. The Morgan fingerprint density at radius 2 is 2.06 bits per heavy atom. The van der Waals surface area contributed by atoms with E-state index in [0.29, 0.717) is 27.2 Å². The van der Waals surface area contributed by atoms with Gasteiger partial charge < -0.3 is 4.74 Å². The molecule has 3 aromatic rings. The summed E-state index contributed by atoms with van der Waals surface area (Å²) in [4.78, 5) is 31.1. The van der Waals surface area contributed by atoms with Crippen LogP contribution in [-0.4, -0.2) is 23.1 Å². The third-order valence-corrected chi connectivity index (χ3v) is 6.69. The molecule has 32 heavy (non-hydrogen) atoms. The Morgan fingerprint density at radius 3 is 2.75 bits per heavy atom. The summed E-state index contributed by atoms with van der Waals surface area (Å²) in [6.07, 6.45) is 1.73. The van der Waals surface area contributed by atoms with Crippen LogP contribution in [0.5, 0.6) is 5.75 Å². The van der Waals surface area contributed by atoms with Gasteiger partial charge in [0.25, 0.3) is 11.6 Å². The molecular weight excluding hydrogens is 470 g/mol. The molecule has 0 atom stereocenters. The second-order valence-corrected chi connectivity index (χ2v) is 8.90. The van der Waals surface area contributed by atoms with Gasteiger partial charge in [0.15, 0.2) is 5.17 Å². The molecule has 1 aliphatic rings. The van der Waals surface area contributed by atoms with Crippen LogP contribution >= 0.6 is 34.7 Å². The van der Waals surface area contributed by atoms with Crippen molar-refractivity contribution in [3.8, 4) is 5.75 Å². The molecule has 2 heterocycles. The molecule has 1 amide bonds. The zero-order valence-corrected chi connectivity index (χ0v) is 19.1. The van der Waals surface area contributed by atoms with Crippen LogP contribution < -0.4 is 9.64 Å². The predicted octanol–water partition coefficient (Wildman–Crippen LogP) is 6.00. The summed E-state index contributed by atoms with van der Waals surface area (Å²) >= 11 is 9.03. The van der Waals surface area contributed by atoms with E-state index in [2.05, 4.69) is 4.99 Å². The Balaban J connectivity index is 1.69. The zero-order valence-electron chi connectivity index (χ0n) is 16.7. The second kappa shape index (κ2) is 9.56. The van der Waals surface area contributed by atoms with Gasteiger partial charge in [0, 0.05) is 22.3 Å². The average Bonchev–Trinajstić information content (AvgIpc) is 3.40. The van der Waals surface area contributed by atoms with Crippen molar-refractivity contribution in [1.82, 2.24) is 0 Å². The van der Waals surface area contributed by atoms with Crippen molar-refractivity contribution in [2.24, 2.45) is 4.99 Å². The van der Waals surface area contributed by atoms with Gasteiger partial charge in [0.05, 0.1) is 22.7 Å².